The Hall–Kier alpha value is -3.25. The molecule has 11 heteroatoms. The summed E-state index contributed by atoms with van der Waals surface area (Å²) in [5.74, 6) is -0.466. The van der Waals surface area contributed by atoms with E-state index in [1.807, 2.05) is 36.4 Å². The normalized spacial score (nSPS) is 12.3. The summed E-state index contributed by atoms with van der Waals surface area (Å²) in [4.78, 5) is 29.4. The Morgan fingerprint density at radius 1 is 1.06 bits per heavy atom. The largest absolute Gasteiger partial charge is 0.449 e. The summed E-state index contributed by atoms with van der Waals surface area (Å²) in [6.07, 6.45) is -1.06. The molecule has 0 spiro atoms. The predicted octanol–water partition coefficient (Wildman–Crippen LogP) is 4.42. The van der Waals surface area contributed by atoms with Crippen LogP contribution in [0.25, 0.3) is 10.2 Å². The number of para-hydroxylation sites is 1. The molecule has 0 saturated heterocycles. The fourth-order valence-electron chi connectivity index (χ4n) is 3.05. The van der Waals surface area contributed by atoms with E-state index >= 15 is 0 Å². The highest BCUT2D eigenvalue weighted by atomic mass is 32.2. The fraction of sp³-hybridized carbons (Fsp3) is 0.125. The zero-order valence-corrected chi connectivity index (χ0v) is 21.0. The number of carbonyl (C=O) groups excluding carboxylic acids is 2. The van der Waals surface area contributed by atoms with Gasteiger partial charge >= 0.3 is 5.97 Å². The molecule has 0 aliphatic rings. The van der Waals surface area contributed by atoms with Crippen molar-refractivity contribution in [1.29, 1.82) is 0 Å². The van der Waals surface area contributed by atoms with Crippen LogP contribution in [0.2, 0.25) is 0 Å². The van der Waals surface area contributed by atoms with Crippen LogP contribution >= 0.6 is 23.1 Å². The highest BCUT2D eigenvalue weighted by molar-refractivity contribution is 8.00. The van der Waals surface area contributed by atoms with Crippen LogP contribution in [0.4, 0.5) is 5.69 Å². The highest BCUT2D eigenvalue weighted by Crippen LogP contribution is 2.31. The molecule has 8 nitrogen and oxygen atoms in total. The van der Waals surface area contributed by atoms with Gasteiger partial charge in [-0.25, -0.2) is 23.3 Å². The topological polar surface area (TPSA) is 128 Å². The van der Waals surface area contributed by atoms with Crippen LogP contribution in [0.1, 0.15) is 22.8 Å². The number of nitrogens with two attached hydrogens (primary N) is 1. The Labute approximate surface area is 210 Å². The van der Waals surface area contributed by atoms with Crippen molar-refractivity contribution >= 4 is 60.9 Å². The summed E-state index contributed by atoms with van der Waals surface area (Å²) in [5.41, 5.74) is 2.69. The van der Waals surface area contributed by atoms with Crippen molar-refractivity contribution < 1.29 is 22.7 Å². The van der Waals surface area contributed by atoms with Crippen LogP contribution in [0.15, 0.2) is 82.0 Å². The number of nitrogens with one attached hydrogen (secondary N) is 1. The van der Waals surface area contributed by atoms with Gasteiger partial charge in [0, 0.05) is 11.4 Å². The van der Waals surface area contributed by atoms with Gasteiger partial charge < -0.3 is 10.1 Å². The van der Waals surface area contributed by atoms with Crippen LogP contribution in [0, 0.1) is 0 Å². The number of hydrogen-bond donors (Lipinski definition) is 2. The van der Waals surface area contributed by atoms with Gasteiger partial charge in [0.05, 0.1) is 20.7 Å². The molecule has 4 aromatic rings. The van der Waals surface area contributed by atoms with Gasteiger partial charge in [-0.2, -0.15) is 0 Å². The molecule has 0 fully saturated rings. The van der Waals surface area contributed by atoms with E-state index in [1.54, 1.807) is 35.2 Å². The lowest BCUT2D eigenvalue weighted by molar-refractivity contribution is -0.123. The Bertz CT molecular complexity index is 1430. The van der Waals surface area contributed by atoms with Gasteiger partial charge in [0.15, 0.2) is 10.4 Å². The van der Waals surface area contributed by atoms with E-state index in [9.17, 15) is 18.0 Å². The maximum absolute atomic E-state index is 12.5. The molecule has 0 bridgehead atoms. The summed E-state index contributed by atoms with van der Waals surface area (Å²) in [6, 6.07) is 20.3. The van der Waals surface area contributed by atoms with Crippen LogP contribution in [0.3, 0.4) is 0 Å². The van der Waals surface area contributed by atoms with E-state index in [0.29, 0.717) is 17.0 Å². The van der Waals surface area contributed by atoms with Gasteiger partial charge in [-0.1, -0.05) is 36.0 Å². The second kappa shape index (κ2) is 10.6. The Morgan fingerprint density at radius 3 is 2.40 bits per heavy atom. The molecule has 1 unspecified atom stereocenters. The molecule has 3 N–H and O–H groups in total. The number of anilines is 1. The molecule has 1 atom stereocenters. The van der Waals surface area contributed by atoms with Gasteiger partial charge in [-0.05, 0) is 61.0 Å². The molecule has 1 heterocycles. The second-order valence-electron chi connectivity index (χ2n) is 7.54. The van der Waals surface area contributed by atoms with E-state index in [0.717, 1.165) is 20.1 Å². The van der Waals surface area contributed by atoms with E-state index in [1.165, 1.54) is 31.2 Å². The van der Waals surface area contributed by atoms with Crippen molar-refractivity contribution in [2.45, 2.75) is 28.0 Å². The first-order valence-corrected chi connectivity index (χ1v) is 13.8. The second-order valence-corrected chi connectivity index (χ2v) is 11.4. The first kappa shape index (κ1) is 24.9. The smallest absolute Gasteiger partial charge is 0.338 e. The Kier molecular flexibility index (Phi) is 7.51. The molecule has 0 radical (unpaired) electrons. The average Bonchev–Trinajstić information content (AvgIpc) is 3.26. The lowest BCUT2D eigenvalue weighted by Gasteiger charge is -2.14. The minimum absolute atomic E-state index is 0.0723. The zero-order chi connectivity index (χ0) is 25.0. The SMILES string of the molecule is CC(OC(=O)c1ccc(CSc2nc3ccccc3s2)cc1)C(=O)Nc1ccc(S(N)(=O)=O)cc1. The molecule has 0 aliphatic heterocycles. The molecule has 4 rings (SSSR count). The van der Waals surface area contributed by atoms with Crippen molar-refractivity contribution in [2.75, 3.05) is 5.32 Å². The maximum Gasteiger partial charge on any atom is 0.338 e. The number of sulfonamides is 1. The summed E-state index contributed by atoms with van der Waals surface area (Å²) >= 11 is 3.27. The van der Waals surface area contributed by atoms with Gasteiger partial charge in [-0.15, -0.1) is 11.3 Å². The first-order valence-electron chi connectivity index (χ1n) is 10.4. The first-order chi connectivity index (χ1) is 16.7. The number of primary sulfonamides is 1. The van der Waals surface area contributed by atoms with Gasteiger partial charge in [0.25, 0.3) is 5.91 Å². The number of hydrogen-bond acceptors (Lipinski definition) is 8. The summed E-state index contributed by atoms with van der Waals surface area (Å²) < 4.78 is 30.0. The lowest BCUT2D eigenvalue weighted by atomic mass is 10.1. The maximum atomic E-state index is 12.5. The standard InChI is InChI=1S/C24H21N3O5S3/c1-15(22(28)26-18-10-12-19(13-11-18)35(25,30)31)32-23(29)17-8-6-16(7-9-17)14-33-24-27-20-4-2-3-5-21(20)34-24/h2-13,15H,14H2,1H3,(H,26,28)(H2,25,30,31). The van der Waals surface area contributed by atoms with Crippen LogP contribution in [-0.2, 0) is 25.3 Å². The molecule has 1 amide bonds. The summed E-state index contributed by atoms with van der Waals surface area (Å²) in [7, 11) is -3.82. The zero-order valence-electron chi connectivity index (χ0n) is 18.5. The fourth-order valence-corrected chi connectivity index (χ4v) is 5.59. The molecule has 35 heavy (non-hydrogen) atoms. The van der Waals surface area contributed by atoms with Gasteiger partial charge in [0.1, 0.15) is 0 Å². The molecular weight excluding hydrogens is 506 g/mol. The molecular formula is C24H21N3O5S3. The van der Waals surface area contributed by atoms with Gasteiger partial charge in [-0.3, -0.25) is 4.79 Å². The highest BCUT2D eigenvalue weighted by Gasteiger charge is 2.19. The Morgan fingerprint density at radius 2 is 1.74 bits per heavy atom. The van der Waals surface area contributed by atoms with Crippen molar-refractivity contribution in [3.8, 4) is 0 Å². The molecule has 1 aromatic heterocycles. The lowest BCUT2D eigenvalue weighted by Crippen LogP contribution is -2.30. The number of amides is 1. The number of rotatable bonds is 8. The molecule has 180 valence electrons. The summed E-state index contributed by atoms with van der Waals surface area (Å²) in [5, 5.41) is 7.63. The minimum atomic E-state index is -3.82. The number of carbonyl (C=O) groups is 2. The van der Waals surface area contributed by atoms with E-state index in [2.05, 4.69) is 10.3 Å². The van der Waals surface area contributed by atoms with Crippen LogP contribution < -0.4 is 10.5 Å². The van der Waals surface area contributed by atoms with Crippen molar-refractivity contribution in [3.63, 3.8) is 0 Å². The average molecular weight is 528 g/mol. The third kappa shape index (κ3) is 6.45. The van der Waals surface area contributed by atoms with Crippen molar-refractivity contribution in [2.24, 2.45) is 5.14 Å². The summed E-state index contributed by atoms with van der Waals surface area (Å²) in [6.45, 7) is 1.45. The van der Waals surface area contributed by atoms with E-state index < -0.39 is 28.0 Å². The quantitative estimate of drug-likeness (QED) is 0.256. The van der Waals surface area contributed by atoms with E-state index in [4.69, 9.17) is 9.88 Å². The van der Waals surface area contributed by atoms with E-state index in [-0.39, 0.29) is 4.90 Å². The van der Waals surface area contributed by atoms with Crippen molar-refractivity contribution in [3.05, 3.63) is 83.9 Å². The van der Waals surface area contributed by atoms with Gasteiger partial charge in [0.2, 0.25) is 10.0 Å². The number of ether oxygens (including phenoxy) is 1. The molecule has 0 aliphatic carbocycles. The van der Waals surface area contributed by atoms with Crippen LogP contribution in [0.5, 0.6) is 0 Å². The third-order valence-corrected chi connectivity index (χ3v) is 8.11. The van der Waals surface area contributed by atoms with Crippen molar-refractivity contribution in [1.82, 2.24) is 4.98 Å². The molecule has 3 aromatic carbocycles. The number of aromatic nitrogens is 1. The van der Waals surface area contributed by atoms with Crippen LogP contribution in [-0.4, -0.2) is 31.4 Å². The molecule has 0 saturated carbocycles. The Balaban J connectivity index is 1.29. The monoisotopic (exact) mass is 527 g/mol. The number of fused-ring (bicyclic) bond motifs is 1. The number of thiazole rings is 1. The third-order valence-electron chi connectivity index (χ3n) is 4.93. The predicted molar refractivity (Wildman–Crippen MR) is 137 cm³/mol. The number of benzene rings is 3. The number of thioether (sulfide) groups is 1. The number of nitrogens with zero attached hydrogens (tertiary/aromatic N) is 1. The number of esters is 1. The minimum Gasteiger partial charge on any atom is -0.449 e.